The summed E-state index contributed by atoms with van der Waals surface area (Å²) in [7, 11) is 1.28. The van der Waals surface area contributed by atoms with Gasteiger partial charge in [-0.15, -0.1) is 11.3 Å². The summed E-state index contributed by atoms with van der Waals surface area (Å²) in [6.45, 7) is 2.72. The topological polar surface area (TPSA) is 84.9 Å². The maximum atomic E-state index is 12.7. The van der Waals surface area contributed by atoms with E-state index in [4.69, 9.17) is 32.7 Å². The highest BCUT2D eigenvalue weighted by atomic mass is 35.5. The van der Waals surface area contributed by atoms with Gasteiger partial charge in [0.05, 0.1) is 36.4 Å². The Morgan fingerprint density at radius 1 is 1.28 bits per heavy atom. The normalized spacial score (nSPS) is 12.9. The molecule has 0 fully saturated rings. The van der Waals surface area contributed by atoms with E-state index in [0.717, 1.165) is 10.4 Å². The van der Waals surface area contributed by atoms with Crippen LogP contribution in [0, 0.1) is 0 Å². The number of carbonyl (C=O) groups is 3. The fourth-order valence-corrected chi connectivity index (χ4v) is 4.76. The smallest absolute Gasteiger partial charge is 0.410 e. The number of esters is 1. The molecule has 0 atom stereocenters. The number of hydrogen-bond donors (Lipinski definition) is 1. The minimum absolute atomic E-state index is 0.199. The second-order valence-electron chi connectivity index (χ2n) is 6.15. The zero-order valence-corrected chi connectivity index (χ0v) is 18.0. The van der Waals surface area contributed by atoms with E-state index in [1.165, 1.54) is 30.6 Å². The van der Waals surface area contributed by atoms with Crippen molar-refractivity contribution in [1.82, 2.24) is 4.90 Å². The average molecular weight is 457 g/mol. The molecule has 1 N–H and O–H groups in total. The number of thiophene rings is 1. The molecule has 0 aliphatic carbocycles. The number of nitrogens with one attached hydrogen (secondary N) is 1. The molecule has 10 heteroatoms. The summed E-state index contributed by atoms with van der Waals surface area (Å²) in [5, 5.41) is 3.70. The van der Waals surface area contributed by atoms with Gasteiger partial charge >= 0.3 is 12.1 Å². The predicted octanol–water partition coefficient (Wildman–Crippen LogP) is 4.61. The summed E-state index contributed by atoms with van der Waals surface area (Å²) in [5.74, 6) is -1.03. The van der Waals surface area contributed by atoms with Crippen LogP contribution in [0.25, 0.3) is 0 Å². The van der Waals surface area contributed by atoms with Crippen LogP contribution in [0.3, 0.4) is 0 Å². The monoisotopic (exact) mass is 456 g/mol. The second kappa shape index (κ2) is 9.02. The number of anilines is 1. The summed E-state index contributed by atoms with van der Waals surface area (Å²) < 4.78 is 9.96. The SMILES string of the molecule is CCOC(=O)N1CCc2c(sc(NC(=O)c3ccc(Cl)cc3Cl)c2C(=O)OC)C1. The van der Waals surface area contributed by atoms with Gasteiger partial charge in [-0.05, 0) is 37.1 Å². The molecule has 7 nitrogen and oxygen atoms in total. The zero-order valence-electron chi connectivity index (χ0n) is 15.7. The van der Waals surface area contributed by atoms with Crippen molar-refractivity contribution in [3.8, 4) is 0 Å². The Hall–Kier alpha value is -2.29. The first-order chi connectivity index (χ1) is 13.8. The molecule has 1 aliphatic rings. The van der Waals surface area contributed by atoms with Gasteiger partial charge in [0.15, 0.2) is 0 Å². The predicted molar refractivity (Wildman–Crippen MR) is 111 cm³/mol. The van der Waals surface area contributed by atoms with Gasteiger partial charge in [0.2, 0.25) is 0 Å². The Morgan fingerprint density at radius 2 is 2.03 bits per heavy atom. The Balaban J connectivity index is 1.92. The van der Waals surface area contributed by atoms with Crippen molar-refractivity contribution in [2.24, 2.45) is 0 Å². The molecule has 2 aromatic rings. The van der Waals surface area contributed by atoms with E-state index < -0.39 is 18.0 Å². The van der Waals surface area contributed by atoms with Crippen LogP contribution in [-0.2, 0) is 22.4 Å². The van der Waals surface area contributed by atoms with Crippen molar-refractivity contribution in [2.45, 2.75) is 19.9 Å². The summed E-state index contributed by atoms with van der Waals surface area (Å²) in [6.07, 6.45) is 0.0387. The van der Waals surface area contributed by atoms with Crippen LogP contribution >= 0.6 is 34.5 Å². The summed E-state index contributed by atoms with van der Waals surface area (Å²) in [6, 6.07) is 4.53. The van der Waals surface area contributed by atoms with E-state index >= 15 is 0 Å². The molecular formula is C19H18Cl2N2O5S. The van der Waals surface area contributed by atoms with Crippen LogP contribution < -0.4 is 5.32 Å². The molecule has 0 unspecified atom stereocenters. The number of halogens is 2. The Kier molecular flexibility index (Phi) is 6.66. The Morgan fingerprint density at radius 3 is 2.69 bits per heavy atom. The highest BCUT2D eigenvalue weighted by molar-refractivity contribution is 7.17. The van der Waals surface area contributed by atoms with E-state index in [0.29, 0.717) is 35.1 Å². The van der Waals surface area contributed by atoms with E-state index in [-0.39, 0.29) is 17.2 Å². The molecule has 3 rings (SSSR count). The standard InChI is InChI=1S/C19H18Cl2N2O5S/c1-3-28-19(26)23-7-6-12-14(9-23)29-17(15(12)18(25)27-2)22-16(24)11-5-4-10(20)8-13(11)21/h4-5,8H,3,6-7,9H2,1-2H3,(H,22,24). The van der Waals surface area contributed by atoms with Crippen molar-refractivity contribution < 1.29 is 23.9 Å². The number of fused-ring (bicyclic) bond motifs is 1. The fraction of sp³-hybridized carbons (Fsp3) is 0.316. The molecule has 29 heavy (non-hydrogen) atoms. The van der Waals surface area contributed by atoms with Gasteiger partial charge in [-0.3, -0.25) is 4.79 Å². The molecule has 0 saturated heterocycles. The molecule has 0 spiro atoms. The van der Waals surface area contributed by atoms with E-state index in [2.05, 4.69) is 5.32 Å². The maximum absolute atomic E-state index is 12.7. The third-order valence-electron chi connectivity index (χ3n) is 4.38. The highest BCUT2D eigenvalue weighted by Crippen LogP contribution is 2.38. The van der Waals surface area contributed by atoms with Crippen molar-refractivity contribution in [3.63, 3.8) is 0 Å². The first-order valence-corrected chi connectivity index (χ1v) is 10.3. The van der Waals surface area contributed by atoms with Gasteiger partial charge < -0.3 is 19.7 Å². The number of methoxy groups -OCH3 is 1. The first kappa shape index (κ1) is 21.4. The van der Waals surface area contributed by atoms with E-state index in [1.54, 1.807) is 17.9 Å². The number of benzene rings is 1. The minimum atomic E-state index is -0.551. The van der Waals surface area contributed by atoms with Gasteiger partial charge in [-0.2, -0.15) is 0 Å². The number of amides is 2. The first-order valence-electron chi connectivity index (χ1n) is 8.76. The van der Waals surface area contributed by atoms with Gasteiger partial charge in [-0.25, -0.2) is 9.59 Å². The quantitative estimate of drug-likeness (QED) is 0.678. The van der Waals surface area contributed by atoms with Gasteiger partial charge in [0.1, 0.15) is 5.00 Å². The molecule has 1 aromatic carbocycles. The molecule has 1 aliphatic heterocycles. The number of carbonyl (C=O) groups excluding carboxylic acids is 3. The van der Waals surface area contributed by atoms with Crippen LogP contribution in [-0.4, -0.2) is 43.1 Å². The maximum Gasteiger partial charge on any atom is 0.410 e. The lowest BCUT2D eigenvalue weighted by molar-refractivity contribution is 0.0600. The van der Waals surface area contributed by atoms with Crippen molar-refractivity contribution in [2.75, 3.05) is 25.6 Å². The lowest BCUT2D eigenvalue weighted by Gasteiger charge is -2.26. The number of nitrogens with zero attached hydrogens (tertiary/aromatic N) is 1. The third kappa shape index (κ3) is 4.49. The number of hydrogen-bond acceptors (Lipinski definition) is 6. The van der Waals surface area contributed by atoms with E-state index in [1.807, 2.05) is 0 Å². The number of rotatable bonds is 4. The molecule has 0 saturated carbocycles. The van der Waals surface area contributed by atoms with Crippen LogP contribution in [0.2, 0.25) is 10.0 Å². The zero-order chi connectivity index (χ0) is 21.1. The van der Waals surface area contributed by atoms with Crippen molar-refractivity contribution in [3.05, 3.63) is 49.8 Å². The van der Waals surface area contributed by atoms with Crippen LogP contribution in [0.1, 0.15) is 38.1 Å². The molecule has 0 radical (unpaired) electrons. The van der Waals surface area contributed by atoms with Crippen molar-refractivity contribution in [1.29, 1.82) is 0 Å². The lowest BCUT2D eigenvalue weighted by Crippen LogP contribution is -2.36. The van der Waals surface area contributed by atoms with Crippen LogP contribution in [0.15, 0.2) is 18.2 Å². The summed E-state index contributed by atoms with van der Waals surface area (Å²) in [4.78, 5) is 39.5. The molecule has 2 heterocycles. The average Bonchev–Trinajstić information content (AvgIpc) is 3.04. The third-order valence-corrected chi connectivity index (χ3v) is 6.06. The summed E-state index contributed by atoms with van der Waals surface area (Å²) >= 11 is 13.2. The Labute approximate surface area is 181 Å². The number of ether oxygens (including phenoxy) is 2. The highest BCUT2D eigenvalue weighted by Gasteiger charge is 2.31. The van der Waals surface area contributed by atoms with Crippen LogP contribution in [0.4, 0.5) is 9.80 Å². The van der Waals surface area contributed by atoms with Gasteiger partial charge in [0.25, 0.3) is 5.91 Å². The largest absolute Gasteiger partial charge is 0.465 e. The summed E-state index contributed by atoms with van der Waals surface area (Å²) in [5.41, 5.74) is 1.29. The molecule has 2 amide bonds. The van der Waals surface area contributed by atoms with Crippen LogP contribution in [0.5, 0.6) is 0 Å². The molecule has 1 aromatic heterocycles. The molecule has 0 bridgehead atoms. The second-order valence-corrected chi connectivity index (χ2v) is 8.10. The molecule has 154 valence electrons. The fourth-order valence-electron chi connectivity index (χ4n) is 3.02. The van der Waals surface area contributed by atoms with Gasteiger partial charge in [0, 0.05) is 16.4 Å². The lowest BCUT2D eigenvalue weighted by atomic mass is 10.0. The van der Waals surface area contributed by atoms with Gasteiger partial charge in [-0.1, -0.05) is 23.2 Å². The minimum Gasteiger partial charge on any atom is -0.465 e. The van der Waals surface area contributed by atoms with Crippen molar-refractivity contribution >= 4 is 57.5 Å². The Bertz CT molecular complexity index is 976. The molecular weight excluding hydrogens is 439 g/mol. The van der Waals surface area contributed by atoms with E-state index in [9.17, 15) is 14.4 Å².